The van der Waals surface area contributed by atoms with Gasteiger partial charge in [0.15, 0.2) is 0 Å². The smallest absolute Gasteiger partial charge is 0.255 e. The zero-order valence-electron chi connectivity index (χ0n) is 19.8. The van der Waals surface area contributed by atoms with Gasteiger partial charge in [0.25, 0.3) is 5.91 Å². The highest BCUT2D eigenvalue weighted by molar-refractivity contribution is 6.04. The van der Waals surface area contributed by atoms with Gasteiger partial charge in [-0.1, -0.05) is 12.1 Å². The second-order valence-corrected chi connectivity index (χ2v) is 9.12. The number of hydrogen-bond acceptors (Lipinski definition) is 5. The minimum Gasteiger partial charge on any atom is -0.489 e. The van der Waals surface area contributed by atoms with Crippen LogP contribution in [0.3, 0.4) is 0 Å². The number of benzene rings is 3. The molecule has 182 valence electrons. The van der Waals surface area contributed by atoms with Crippen molar-refractivity contribution in [1.82, 2.24) is 10.6 Å². The second-order valence-electron chi connectivity index (χ2n) is 9.12. The molecule has 3 N–H and O–H groups in total. The Morgan fingerprint density at radius 2 is 1.54 bits per heavy atom. The van der Waals surface area contributed by atoms with Crippen LogP contribution >= 0.6 is 0 Å². The van der Waals surface area contributed by atoms with E-state index in [0.29, 0.717) is 17.0 Å². The maximum absolute atomic E-state index is 13.5. The average molecular weight is 476 g/mol. The van der Waals surface area contributed by atoms with Crippen molar-refractivity contribution < 1.29 is 18.7 Å². The Labute approximate surface area is 204 Å². The molecule has 0 bridgehead atoms. The first-order chi connectivity index (χ1) is 17.0. The SMILES string of the molecule is Cc1cc(C(=O)Nc2ccc(O[C@H]3CCNC3)c(-c3ccc(F)cc3)c2)ccc1O[C@H]1CCNC1. The van der Waals surface area contributed by atoms with Gasteiger partial charge in [-0.2, -0.15) is 0 Å². The van der Waals surface area contributed by atoms with E-state index in [1.807, 2.05) is 37.3 Å². The molecule has 2 aliphatic rings. The Hall–Kier alpha value is -3.42. The maximum Gasteiger partial charge on any atom is 0.255 e. The minimum absolute atomic E-state index is 0.0818. The summed E-state index contributed by atoms with van der Waals surface area (Å²) >= 11 is 0. The van der Waals surface area contributed by atoms with Gasteiger partial charge in [-0.15, -0.1) is 0 Å². The molecule has 2 aliphatic heterocycles. The predicted octanol–water partition coefficient (Wildman–Crippen LogP) is 4.53. The quantitative estimate of drug-likeness (QED) is 0.468. The number of carbonyl (C=O) groups excluding carboxylic acids is 1. The monoisotopic (exact) mass is 475 g/mol. The van der Waals surface area contributed by atoms with E-state index >= 15 is 0 Å². The third kappa shape index (κ3) is 5.63. The lowest BCUT2D eigenvalue weighted by Crippen LogP contribution is -2.20. The first-order valence-corrected chi connectivity index (χ1v) is 12.1. The van der Waals surface area contributed by atoms with E-state index in [1.54, 1.807) is 18.2 Å². The van der Waals surface area contributed by atoms with E-state index in [1.165, 1.54) is 12.1 Å². The molecular weight excluding hydrogens is 445 g/mol. The normalized spacial score (nSPS) is 19.5. The molecule has 7 heteroatoms. The molecule has 0 radical (unpaired) electrons. The van der Waals surface area contributed by atoms with E-state index < -0.39 is 0 Å². The highest BCUT2D eigenvalue weighted by Crippen LogP contribution is 2.34. The summed E-state index contributed by atoms with van der Waals surface area (Å²) in [6.45, 7) is 5.47. The van der Waals surface area contributed by atoms with E-state index in [-0.39, 0.29) is 23.9 Å². The Bertz CT molecular complexity index is 1190. The predicted molar refractivity (Wildman–Crippen MR) is 135 cm³/mol. The Kier molecular flexibility index (Phi) is 6.97. The van der Waals surface area contributed by atoms with Gasteiger partial charge in [0, 0.05) is 29.9 Å². The van der Waals surface area contributed by atoms with Crippen LogP contribution in [0.1, 0.15) is 28.8 Å². The van der Waals surface area contributed by atoms with E-state index in [4.69, 9.17) is 9.47 Å². The van der Waals surface area contributed by atoms with Crippen molar-refractivity contribution in [1.29, 1.82) is 0 Å². The fourth-order valence-corrected chi connectivity index (χ4v) is 4.51. The number of carbonyl (C=O) groups is 1. The van der Waals surface area contributed by atoms with Crippen molar-refractivity contribution in [2.45, 2.75) is 32.0 Å². The lowest BCUT2D eigenvalue weighted by atomic mass is 10.0. The van der Waals surface area contributed by atoms with Gasteiger partial charge < -0.3 is 25.4 Å². The highest BCUT2D eigenvalue weighted by Gasteiger charge is 2.20. The molecule has 35 heavy (non-hydrogen) atoms. The van der Waals surface area contributed by atoms with Gasteiger partial charge in [-0.25, -0.2) is 4.39 Å². The molecule has 3 aromatic rings. The zero-order chi connectivity index (χ0) is 24.2. The van der Waals surface area contributed by atoms with Crippen molar-refractivity contribution in [3.8, 4) is 22.6 Å². The van der Waals surface area contributed by atoms with Crippen molar-refractivity contribution in [2.24, 2.45) is 0 Å². The van der Waals surface area contributed by atoms with Gasteiger partial charge in [-0.05, 0) is 92.5 Å². The molecule has 0 aromatic heterocycles. The van der Waals surface area contributed by atoms with Crippen molar-refractivity contribution in [2.75, 3.05) is 31.5 Å². The van der Waals surface area contributed by atoms with E-state index in [9.17, 15) is 9.18 Å². The number of ether oxygens (including phenoxy) is 2. The van der Waals surface area contributed by atoms with Crippen LogP contribution in [0, 0.1) is 12.7 Å². The van der Waals surface area contributed by atoms with Gasteiger partial charge in [0.1, 0.15) is 29.5 Å². The molecule has 2 atom stereocenters. The van der Waals surface area contributed by atoms with E-state index in [2.05, 4.69) is 16.0 Å². The van der Waals surface area contributed by atoms with Crippen molar-refractivity contribution in [3.05, 3.63) is 77.6 Å². The van der Waals surface area contributed by atoms with Gasteiger partial charge in [-0.3, -0.25) is 4.79 Å². The summed E-state index contributed by atoms with van der Waals surface area (Å²) in [6, 6.07) is 17.4. The van der Waals surface area contributed by atoms with Crippen LogP contribution in [0.15, 0.2) is 60.7 Å². The minimum atomic E-state index is -0.298. The number of amides is 1. The summed E-state index contributed by atoms with van der Waals surface area (Å²) < 4.78 is 25.8. The first-order valence-electron chi connectivity index (χ1n) is 12.1. The van der Waals surface area contributed by atoms with Crippen LogP contribution in [-0.2, 0) is 0 Å². The van der Waals surface area contributed by atoms with Crippen LogP contribution in [-0.4, -0.2) is 44.3 Å². The van der Waals surface area contributed by atoms with Crippen LogP contribution in [0.5, 0.6) is 11.5 Å². The van der Waals surface area contributed by atoms with E-state index in [0.717, 1.165) is 61.5 Å². The second kappa shape index (κ2) is 10.5. The Balaban J connectivity index is 1.35. The molecule has 0 spiro atoms. The third-order valence-electron chi connectivity index (χ3n) is 6.45. The number of hydrogen-bond donors (Lipinski definition) is 3. The topological polar surface area (TPSA) is 71.6 Å². The first kappa shape index (κ1) is 23.3. The van der Waals surface area contributed by atoms with Crippen LogP contribution in [0.4, 0.5) is 10.1 Å². The molecule has 3 aromatic carbocycles. The van der Waals surface area contributed by atoms with Crippen molar-refractivity contribution in [3.63, 3.8) is 0 Å². The molecular formula is C28H30FN3O3. The molecule has 0 unspecified atom stereocenters. The molecule has 6 nitrogen and oxygen atoms in total. The number of rotatable bonds is 7. The standard InChI is InChI=1S/C28H30FN3O3/c1-18-14-20(4-8-26(18)34-23-10-12-30-16-23)28(33)32-22-7-9-27(35-24-11-13-31-17-24)25(15-22)19-2-5-21(29)6-3-19/h2-9,14-15,23-24,30-31H,10-13,16-17H2,1H3,(H,32,33)/t23-,24-/m0/s1. The number of halogens is 1. The maximum atomic E-state index is 13.5. The number of anilines is 1. The Morgan fingerprint density at radius 3 is 2.17 bits per heavy atom. The molecule has 5 rings (SSSR count). The third-order valence-corrected chi connectivity index (χ3v) is 6.45. The Morgan fingerprint density at radius 1 is 0.886 bits per heavy atom. The number of nitrogens with one attached hydrogen (secondary N) is 3. The molecule has 2 heterocycles. The van der Waals surface area contributed by atoms with Crippen LogP contribution in [0.2, 0.25) is 0 Å². The lowest BCUT2D eigenvalue weighted by Gasteiger charge is -2.18. The summed E-state index contributed by atoms with van der Waals surface area (Å²) in [4.78, 5) is 13.0. The van der Waals surface area contributed by atoms with Crippen molar-refractivity contribution >= 4 is 11.6 Å². The van der Waals surface area contributed by atoms with Gasteiger partial charge in [0.2, 0.25) is 0 Å². The molecule has 0 aliphatic carbocycles. The van der Waals surface area contributed by atoms with Crippen LogP contribution in [0.25, 0.3) is 11.1 Å². The molecule has 0 saturated carbocycles. The molecule has 2 saturated heterocycles. The zero-order valence-corrected chi connectivity index (χ0v) is 19.8. The number of aryl methyl sites for hydroxylation is 1. The summed E-state index contributed by atoms with van der Waals surface area (Å²) in [5.41, 5.74) is 3.74. The summed E-state index contributed by atoms with van der Waals surface area (Å²) in [5, 5.41) is 9.58. The molecule has 1 amide bonds. The highest BCUT2D eigenvalue weighted by atomic mass is 19.1. The van der Waals surface area contributed by atoms with Gasteiger partial charge in [0.05, 0.1) is 0 Å². The summed E-state index contributed by atoms with van der Waals surface area (Å²) in [7, 11) is 0. The average Bonchev–Trinajstić information content (AvgIpc) is 3.56. The largest absolute Gasteiger partial charge is 0.489 e. The molecule has 2 fully saturated rings. The lowest BCUT2D eigenvalue weighted by molar-refractivity contribution is 0.102. The summed E-state index contributed by atoms with van der Waals surface area (Å²) in [6.07, 6.45) is 2.16. The van der Waals surface area contributed by atoms with Crippen LogP contribution < -0.4 is 25.4 Å². The fourth-order valence-electron chi connectivity index (χ4n) is 4.51. The van der Waals surface area contributed by atoms with Gasteiger partial charge >= 0.3 is 0 Å². The summed E-state index contributed by atoms with van der Waals surface area (Å²) in [5.74, 6) is 1.01. The fraction of sp³-hybridized carbons (Fsp3) is 0.321.